The van der Waals surface area contributed by atoms with Gasteiger partial charge < -0.3 is 26.1 Å². The number of carbonyl (C=O) groups is 2. The van der Waals surface area contributed by atoms with Crippen molar-refractivity contribution < 1.29 is 39.9 Å². The molecule has 0 aromatic heterocycles. The lowest BCUT2D eigenvalue weighted by Gasteiger charge is -2.22. The lowest BCUT2D eigenvalue weighted by atomic mass is 9.90. The number of hydrogen-bond donors (Lipinski definition) is 6. The highest BCUT2D eigenvalue weighted by Crippen LogP contribution is 2.45. The molecule has 0 spiro atoms. The van der Waals surface area contributed by atoms with Crippen LogP contribution in [-0.2, 0) is 25.0 Å². The SMILES string of the molecule is CN(CCCC(=O)NCCN)C(=O)c1ccccc1-c1c2ccc(=N)c(S(=O)(=O)O)c-2oc2c(S(=O)(=O)O)c(N)ccc12. The zero-order chi connectivity index (χ0) is 31.7. The molecule has 228 valence electrons. The molecule has 0 fully saturated rings. The minimum Gasteiger partial charge on any atom is -0.453 e. The number of rotatable bonds is 10. The molecular formula is C27H29N5O9S2. The van der Waals surface area contributed by atoms with Gasteiger partial charge in [0, 0.05) is 55.2 Å². The highest BCUT2D eigenvalue weighted by Gasteiger charge is 2.31. The van der Waals surface area contributed by atoms with E-state index < -0.39 is 58.3 Å². The van der Waals surface area contributed by atoms with Crippen molar-refractivity contribution in [1.29, 1.82) is 5.41 Å². The topological polar surface area (TPSA) is 247 Å². The van der Waals surface area contributed by atoms with Crippen LogP contribution in [0.15, 0.2) is 62.7 Å². The molecule has 2 aliphatic rings. The molecule has 2 aromatic carbocycles. The molecule has 0 saturated carbocycles. The van der Waals surface area contributed by atoms with Crippen molar-refractivity contribution in [3.8, 4) is 22.5 Å². The Hall–Kier alpha value is -4.35. The van der Waals surface area contributed by atoms with Crippen LogP contribution >= 0.6 is 0 Å². The van der Waals surface area contributed by atoms with Crippen LogP contribution in [-0.4, -0.2) is 69.3 Å². The van der Waals surface area contributed by atoms with Crippen LogP contribution in [0.1, 0.15) is 23.2 Å². The number of benzene rings is 3. The van der Waals surface area contributed by atoms with E-state index in [4.69, 9.17) is 21.3 Å². The van der Waals surface area contributed by atoms with Crippen molar-refractivity contribution in [3.63, 3.8) is 0 Å². The van der Waals surface area contributed by atoms with Gasteiger partial charge in [0.1, 0.15) is 0 Å². The third kappa shape index (κ3) is 6.37. The van der Waals surface area contributed by atoms with E-state index in [1.165, 1.54) is 36.2 Å². The number of carbonyl (C=O) groups excluding carboxylic acids is 2. The summed E-state index contributed by atoms with van der Waals surface area (Å²) in [5.74, 6) is -1.28. The molecule has 8 N–H and O–H groups in total. The van der Waals surface area contributed by atoms with Crippen LogP contribution in [0, 0.1) is 5.41 Å². The van der Waals surface area contributed by atoms with E-state index in [0.717, 1.165) is 6.07 Å². The summed E-state index contributed by atoms with van der Waals surface area (Å²) in [5.41, 5.74) is 10.8. The predicted molar refractivity (Wildman–Crippen MR) is 156 cm³/mol. The monoisotopic (exact) mass is 631 g/mol. The first-order valence-electron chi connectivity index (χ1n) is 12.8. The molecule has 0 atom stereocenters. The molecule has 1 aliphatic carbocycles. The number of fused-ring (bicyclic) bond motifs is 2. The molecular weight excluding hydrogens is 602 g/mol. The Balaban J connectivity index is 1.97. The number of amides is 2. The zero-order valence-electron chi connectivity index (χ0n) is 22.8. The second-order valence-corrected chi connectivity index (χ2v) is 12.3. The van der Waals surface area contributed by atoms with Gasteiger partial charge in [-0.3, -0.25) is 24.1 Å². The molecule has 0 unspecified atom stereocenters. The first-order chi connectivity index (χ1) is 20.2. The smallest absolute Gasteiger partial charge is 0.300 e. The van der Waals surface area contributed by atoms with E-state index in [2.05, 4.69) is 5.32 Å². The van der Waals surface area contributed by atoms with Gasteiger partial charge in [0.25, 0.3) is 26.1 Å². The van der Waals surface area contributed by atoms with Crippen LogP contribution in [0.25, 0.3) is 33.4 Å². The van der Waals surface area contributed by atoms with Crippen molar-refractivity contribution in [2.45, 2.75) is 22.6 Å². The standard InChI is InChI=1S/C27H29N5O9S2/c1-32(14-4-7-21(33)31-13-12-28)27(34)16-6-3-2-5-15(16)22-17-8-10-19(29)25(42(35,36)37)23(17)41-24-18(22)9-11-20(30)26(24)43(38,39)40/h2-3,5-6,8-11,29H,4,7,12-14,28,30H2,1H3,(H,31,33)(H,35,36,37)(H,38,39,40). The van der Waals surface area contributed by atoms with Crippen molar-refractivity contribution >= 4 is 48.7 Å². The fourth-order valence-corrected chi connectivity index (χ4v) is 6.25. The second-order valence-electron chi connectivity index (χ2n) is 9.62. The Morgan fingerprint density at radius 2 is 1.65 bits per heavy atom. The van der Waals surface area contributed by atoms with Crippen LogP contribution < -0.4 is 22.1 Å². The Kier molecular flexibility index (Phi) is 8.89. The summed E-state index contributed by atoms with van der Waals surface area (Å²) in [6, 6.07) is 11.3. The summed E-state index contributed by atoms with van der Waals surface area (Å²) < 4.78 is 75.2. The van der Waals surface area contributed by atoms with Gasteiger partial charge in [-0.2, -0.15) is 16.8 Å². The van der Waals surface area contributed by atoms with Gasteiger partial charge in [-0.1, -0.05) is 18.2 Å². The van der Waals surface area contributed by atoms with Crippen molar-refractivity contribution in [2.75, 3.05) is 32.4 Å². The molecule has 0 bridgehead atoms. The Morgan fingerprint density at radius 3 is 2.30 bits per heavy atom. The minimum absolute atomic E-state index is 0.0154. The normalized spacial score (nSPS) is 12.0. The van der Waals surface area contributed by atoms with Crippen molar-refractivity contribution in [2.24, 2.45) is 5.73 Å². The highest BCUT2D eigenvalue weighted by atomic mass is 32.2. The van der Waals surface area contributed by atoms with Gasteiger partial charge in [-0.25, -0.2) is 0 Å². The van der Waals surface area contributed by atoms with Crippen LogP contribution in [0.3, 0.4) is 0 Å². The van der Waals surface area contributed by atoms with Gasteiger partial charge in [0.05, 0.1) is 11.0 Å². The summed E-state index contributed by atoms with van der Waals surface area (Å²) in [7, 11) is -8.60. The fourth-order valence-electron chi connectivity index (χ4n) is 4.77. The Labute approximate surface area is 246 Å². The Bertz CT molecular complexity index is 1990. The molecule has 2 aromatic rings. The van der Waals surface area contributed by atoms with E-state index in [1.54, 1.807) is 18.2 Å². The van der Waals surface area contributed by atoms with E-state index in [9.17, 15) is 35.5 Å². The number of nitrogens with one attached hydrogen (secondary N) is 2. The lowest BCUT2D eigenvalue weighted by Crippen LogP contribution is -2.31. The maximum absolute atomic E-state index is 13.7. The largest absolute Gasteiger partial charge is 0.453 e. The van der Waals surface area contributed by atoms with Gasteiger partial charge in [0.2, 0.25) is 5.91 Å². The van der Waals surface area contributed by atoms with Crippen molar-refractivity contribution in [3.05, 3.63) is 59.5 Å². The van der Waals surface area contributed by atoms with Gasteiger partial charge in [0.15, 0.2) is 21.1 Å². The van der Waals surface area contributed by atoms with Crippen LogP contribution in [0.2, 0.25) is 0 Å². The van der Waals surface area contributed by atoms with Crippen LogP contribution in [0.5, 0.6) is 0 Å². The quantitative estimate of drug-likeness (QED) is 0.0834. The maximum atomic E-state index is 13.7. The number of anilines is 1. The van der Waals surface area contributed by atoms with E-state index >= 15 is 0 Å². The van der Waals surface area contributed by atoms with Gasteiger partial charge in [-0.05, 0) is 42.3 Å². The molecule has 1 heterocycles. The lowest BCUT2D eigenvalue weighted by molar-refractivity contribution is -0.121. The second kappa shape index (κ2) is 12.1. The Morgan fingerprint density at radius 1 is 0.977 bits per heavy atom. The third-order valence-corrected chi connectivity index (χ3v) is 8.51. The summed E-state index contributed by atoms with van der Waals surface area (Å²) >= 11 is 0. The summed E-state index contributed by atoms with van der Waals surface area (Å²) in [4.78, 5) is 25.2. The van der Waals surface area contributed by atoms with Gasteiger partial charge in [-0.15, -0.1) is 0 Å². The molecule has 0 radical (unpaired) electrons. The average molecular weight is 632 g/mol. The zero-order valence-corrected chi connectivity index (χ0v) is 24.5. The molecule has 14 nitrogen and oxygen atoms in total. The number of nitrogens with two attached hydrogens (primary N) is 2. The molecule has 43 heavy (non-hydrogen) atoms. The van der Waals surface area contributed by atoms with Crippen molar-refractivity contribution in [1.82, 2.24) is 10.2 Å². The number of nitrogen functional groups attached to an aromatic ring is 1. The fraction of sp³-hybridized carbons (Fsp3) is 0.222. The minimum atomic E-state index is -5.09. The molecule has 0 saturated heterocycles. The molecule has 2 amide bonds. The van der Waals surface area contributed by atoms with E-state index in [-0.39, 0.29) is 46.5 Å². The highest BCUT2D eigenvalue weighted by molar-refractivity contribution is 7.86. The predicted octanol–water partition coefficient (Wildman–Crippen LogP) is 1.69. The number of hydrogen-bond acceptors (Lipinski definition) is 10. The third-order valence-electron chi connectivity index (χ3n) is 6.65. The first-order valence-corrected chi connectivity index (χ1v) is 15.7. The summed E-state index contributed by atoms with van der Waals surface area (Å²) in [6.07, 6.45) is 0.500. The maximum Gasteiger partial charge on any atom is 0.300 e. The number of nitrogens with zero attached hydrogens (tertiary/aromatic N) is 1. The van der Waals surface area contributed by atoms with Gasteiger partial charge >= 0.3 is 0 Å². The van der Waals surface area contributed by atoms with Crippen LogP contribution in [0.4, 0.5) is 5.69 Å². The molecule has 4 rings (SSSR count). The van der Waals surface area contributed by atoms with E-state index in [1.807, 2.05) is 0 Å². The average Bonchev–Trinajstić information content (AvgIpc) is 2.92. The molecule has 16 heteroatoms. The van der Waals surface area contributed by atoms with E-state index in [0.29, 0.717) is 19.5 Å². The summed E-state index contributed by atoms with van der Waals surface area (Å²) in [5, 5.41) is 10.2. The summed E-state index contributed by atoms with van der Waals surface area (Å²) in [6.45, 7) is 0.829. The molecule has 1 aliphatic heterocycles. The first kappa shape index (κ1) is 31.6.